The molecule has 0 saturated carbocycles. The van der Waals surface area contributed by atoms with E-state index in [0.29, 0.717) is 13.0 Å². The number of aliphatic hydroxyl groups excluding tert-OH is 1. The van der Waals surface area contributed by atoms with E-state index in [0.717, 1.165) is 60.9 Å². The molecule has 6 heteroatoms. The Morgan fingerprint density at radius 3 is 2.55 bits per heavy atom. The van der Waals surface area contributed by atoms with Crippen molar-refractivity contribution < 1.29 is 14.6 Å². The highest BCUT2D eigenvalue weighted by Gasteiger charge is 2.22. The smallest absolute Gasteiger partial charge is 0.163 e. The summed E-state index contributed by atoms with van der Waals surface area (Å²) in [5.41, 5.74) is 2.95. The molecule has 1 saturated heterocycles. The van der Waals surface area contributed by atoms with Gasteiger partial charge in [0.2, 0.25) is 0 Å². The summed E-state index contributed by atoms with van der Waals surface area (Å²) in [6.45, 7) is 4.46. The molecule has 2 aliphatic rings. The molecule has 1 N–H and O–H groups in total. The standard InChI is InChI=1S/C23H27ClN2O3/c24-17-7-9-18(10-8-17)26-13-11-25(12-14-26)15-19(27)16-29-23-6-2-3-20-21(23)4-1-5-22(20)28/h2-3,6-10,19,27H,1,4-5,11-16H2. The third-order valence-corrected chi connectivity index (χ3v) is 5.98. The number of carbonyl (C=O) groups is 1. The second-order valence-corrected chi connectivity index (χ2v) is 8.22. The zero-order valence-corrected chi connectivity index (χ0v) is 17.3. The predicted molar refractivity (Wildman–Crippen MR) is 115 cm³/mol. The van der Waals surface area contributed by atoms with Crippen molar-refractivity contribution in [1.29, 1.82) is 0 Å². The molecule has 0 aromatic heterocycles. The van der Waals surface area contributed by atoms with E-state index in [1.54, 1.807) is 0 Å². The van der Waals surface area contributed by atoms with Crippen LogP contribution in [0, 0.1) is 0 Å². The molecule has 0 radical (unpaired) electrons. The van der Waals surface area contributed by atoms with Crippen LogP contribution in [0.4, 0.5) is 5.69 Å². The van der Waals surface area contributed by atoms with Crippen molar-refractivity contribution in [1.82, 2.24) is 4.90 Å². The monoisotopic (exact) mass is 414 g/mol. The lowest BCUT2D eigenvalue weighted by molar-refractivity contribution is 0.0658. The Labute approximate surface area is 176 Å². The van der Waals surface area contributed by atoms with Gasteiger partial charge in [-0.05, 0) is 43.2 Å². The first kappa shape index (κ1) is 20.2. The average molecular weight is 415 g/mol. The largest absolute Gasteiger partial charge is 0.491 e. The minimum Gasteiger partial charge on any atom is -0.491 e. The van der Waals surface area contributed by atoms with Crippen LogP contribution in [0.2, 0.25) is 5.02 Å². The molecule has 4 rings (SSSR count). The van der Waals surface area contributed by atoms with Crippen LogP contribution in [0.1, 0.15) is 28.8 Å². The number of carbonyl (C=O) groups excluding carboxylic acids is 1. The maximum atomic E-state index is 12.1. The van der Waals surface area contributed by atoms with Gasteiger partial charge in [-0.3, -0.25) is 9.69 Å². The van der Waals surface area contributed by atoms with Crippen LogP contribution in [0.25, 0.3) is 0 Å². The summed E-state index contributed by atoms with van der Waals surface area (Å²) in [6.07, 6.45) is 1.78. The zero-order chi connectivity index (χ0) is 20.2. The first-order valence-corrected chi connectivity index (χ1v) is 10.7. The molecule has 1 aliphatic carbocycles. The number of aliphatic hydroxyl groups is 1. The molecule has 154 valence electrons. The number of nitrogens with zero attached hydrogens (tertiary/aromatic N) is 2. The summed E-state index contributed by atoms with van der Waals surface area (Å²) in [4.78, 5) is 16.7. The highest BCUT2D eigenvalue weighted by molar-refractivity contribution is 6.30. The van der Waals surface area contributed by atoms with Gasteiger partial charge in [0.05, 0.1) is 0 Å². The number of ketones is 1. The third-order valence-electron chi connectivity index (χ3n) is 5.73. The van der Waals surface area contributed by atoms with Gasteiger partial charge >= 0.3 is 0 Å². The Balaban J connectivity index is 1.26. The van der Waals surface area contributed by atoms with Crippen molar-refractivity contribution in [2.24, 2.45) is 0 Å². The van der Waals surface area contributed by atoms with Crippen molar-refractivity contribution in [3.05, 3.63) is 58.6 Å². The number of anilines is 1. The summed E-state index contributed by atoms with van der Waals surface area (Å²) < 4.78 is 5.91. The molecule has 2 aromatic carbocycles. The van der Waals surface area contributed by atoms with Crippen LogP contribution < -0.4 is 9.64 Å². The topological polar surface area (TPSA) is 53.0 Å². The molecule has 1 fully saturated rings. The number of Topliss-reactive ketones (excluding diaryl/α,β-unsaturated/α-hetero) is 1. The van der Waals surface area contributed by atoms with Gasteiger partial charge in [-0.25, -0.2) is 0 Å². The van der Waals surface area contributed by atoms with Gasteiger partial charge < -0.3 is 14.7 Å². The number of benzene rings is 2. The maximum absolute atomic E-state index is 12.1. The van der Waals surface area contributed by atoms with Gasteiger partial charge in [-0.1, -0.05) is 23.7 Å². The number of β-amino-alcohol motifs (C(OH)–C–C–N with tert-alkyl or cyclic N) is 1. The fraction of sp³-hybridized carbons (Fsp3) is 0.435. The summed E-state index contributed by atoms with van der Waals surface area (Å²) in [7, 11) is 0. The fourth-order valence-corrected chi connectivity index (χ4v) is 4.28. The van der Waals surface area contributed by atoms with E-state index < -0.39 is 6.10 Å². The molecule has 1 unspecified atom stereocenters. The van der Waals surface area contributed by atoms with Crippen LogP contribution in [0.3, 0.4) is 0 Å². The van der Waals surface area contributed by atoms with Gasteiger partial charge in [0, 0.05) is 61.0 Å². The molecular weight excluding hydrogens is 388 g/mol. The molecule has 1 aliphatic heterocycles. The third kappa shape index (κ3) is 4.92. The van der Waals surface area contributed by atoms with Gasteiger partial charge in [0.15, 0.2) is 5.78 Å². The SMILES string of the molecule is O=C1CCCc2c(OCC(O)CN3CCN(c4ccc(Cl)cc4)CC3)cccc21. The number of hydrogen-bond acceptors (Lipinski definition) is 5. The Morgan fingerprint density at radius 1 is 1.03 bits per heavy atom. The number of halogens is 1. The normalized spacial score (nSPS) is 18.4. The summed E-state index contributed by atoms with van der Waals surface area (Å²) in [5.74, 6) is 0.929. The lowest BCUT2D eigenvalue weighted by Crippen LogP contribution is -2.49. The second-order valence-electron chi connectivity index (χ2n) is 7.79. The Kier molecular flexibility index (Phi) is 6.38. The van der Waals surface area contributed by atoms with Gasteiger partial charge in [0.1, 0.15) is 18.5 Å². The van der Waals surface area contributed by atoms with Gasteiger partial charge in [-0.2, -0.15) is 0 Å². The van der Waals surface area contributed by atoms with Crippen LogP contribution >= 0.6 is 11.6 Å². The summed E-state index contributed by atoms with van der Waals surface area (Å²) in [5, 5.41) is 11.2. The minimum absolute atomic E-state index is 0.191. The Morgan fingerprint density at radius 2 is 1.79 bits per heavy atom. The van der Waals surface area contributed by atoms with Crippen LogP contribution in [0.15, 0.2) is 42.5 Å². The second kappa shape index (κ2) is 9.16. The van der Waals surface area contributed by atoms with Crippen molar-refractivity contribution in [2.75, 3.05) is 44.2 Å². The highest BCUT2D eigenvalue weighted by Crippen LogP contribution is 2.29. The minimum atomic E-state index is -0.563. The average Bonchev–Trinajstić information content (AvgIpc) is 2.74. The Hall–Kier alpha value is -2.08. The lowest BCUT2D eigenvalue weighted by atomic mass is 9.90. The highest BCUT2D eigenvalue weighted by atomic mass is 35.5. The first-order valence-electron chi connectivity index (χ1n) is 10.3. The zero-order valence-electron chi connectivity index (χ0n) is 16.5. The number of piperazine rings is 1. The number of fused-ring (bicyclic) bond motifs is 1. The molecule has 29 heavy (non-hydrogen) atoms. The van der Waals surface area contributed by atoms with E-state index >= 15 is 0 Å². The van der Waals surface area contributed by atoms with Crippen molar-refractivity contribution >= 4 is 23.1 Å². The van der Waals surface area contributed by atoms with Gasteiger partial charge in [0.25, 0.3) is 0 Å². The van der Waals surface area contributed by atoms with Crippen molar-refractivity contribution in [2.45, 2.75) is 25.4 Å². The van der Waals surface area contributed by atoms with E-state index in [9.17, 15) is 9.90 Å². The predicted octanol–water partition coefficient (Wildman–Crippen LogP) is 3.42. The first-order chi connectivity index (χ1) is 14.1. The lowest BCUT2D eigenvalue weighted by Gasteiger charge is -2.36. The fourth-order valence-electron chi connectivity index (χ4n) is 4.16. The molecule has 0 amide bonds. The summed E-state index contributed by atoms with van der Waals surface area (Å²) >= 11 is 5.97. The van der Waals surface area contributed by atoms with Crippen LogP contribution in [-0.2, 0) is 6.42 Å². The van der Waals surface area contributed by atoms with Crippen LogP contribution in [0.5, 0.6) is 5.75 Å². The van der Waals surface area contributed by atoms with Gasteiger partial charge in [-0.15, -0.1) is 0 Å². The molecule has 1 atom stereocenters. The number of ether oxygens (including phenoxy) is 1. The molecule has 1 heterocycles. The number of rotatable bonds is 6. The van der Waals surface area contributed by atoms with E-state index in [1.807, 2.05) is 42.5 Å². The van der Waals surface area contributed by atoms with E-state index in [2.05, 4.69) is 9.80 Å². The van der Waals surface area contributed by atoms with E-state index in [-0.39, 0.29) is 12.4 Å². The van der Waals surface area contributed by atoms with Crippen molar-refractivity contribution in [3.63, 3.8) is 0 Å². The molecule has 0 bridgehead atoms. The van der Waals surface area contributed by atoms with Crippen LogP contribution in [-0.4, -0.2) is 61.2 Å². The Bertz CT molecular complexity index is 848. The molecule has 2 aromatic rings. The number of hydrogen-bond donors (Lipinski definition) is 1. The summed E-state index contributed by atoms with van der Waals surface area (Å²) in [6, 6.07) is 13.6. The molecular formula is C23H27ClN2O3. The van der Waals surface area contributed by atoms with E-state index in [4.69, 9.17) is 16.3 Å². The molecule has 0 spiro atoms. The van der Waals surface area contributed by atoms with E-state index in [1.165, 1.54) is 5.69 Å². The van der Waals surface area contributed by atoms with Crippen molar-refractivity contribution in [3.8, 4) is 5.75 Å². The quantitative estimate of drug-likeness (QED) is 0.784. The maximum Gasteiger partial charge on any atom is 0.163 e. The molecule has 5 nitrogen and oxygen atoms in total.